The van der Waals surface area contributed by atoms with Crippen LogP contribution in [0.1, 0.15) is 44.7 Å². The van der Waals surface area contributed by atoms with E-state index < -0.39 is 34.3 Å². The van der Waals surface area contributed by atoms with E-state index >= 15 is 0 Å². The average Bonchev–Trinajstić information content (AvgIpc) is 2.93. The Hall–Kier alpha value is -3.43. The summed E-state index contributed by atoms with van der Waals surface area (Å²) in [6.45, 7) is 6.80. The van der Waals surface area contributed by atoms with Gasteiger partial charge in [0.1, 0.15) is 18.4 Å². The van der Waals surface area contributed by atoms with Gasteiger partial charge in [-0.1, -0.05) is 55.8 Å². The fourth-order valence-corrected chi connectivity index (χ4v) is 5.84. The van der Waals surface area contributed by atoms with Crippen molar-refractivity contribution >= 4 is 39.1 Å². The van der Waals surface area contributed by atoms with Gasteiger partial charge >= 0.3 is 0 Å². The number of benzene rings is 3. The Kier molecular flexibility index (Phi) is 10.7. The van der Waals surface area contributed by atoms with Gasteiger partial charge in [-0.15, -0.1) is 0 Å². The molecule has 0 spiro atoms. The molecule has 0 aromatic heterocycles. The van der Waals surface area contributed by atoms with Gasteiger partial charge in [-0.05, 0) is 80.3 Å². The summed E-state index contributed by atoms with van der Waals surface area (Å²) in [5.41, 5.74) is 1.59. The second kappa shape index (κ2) is 13.8. The van der Waals surface area contributed by atoms with E-state index in [1.165, 1.54) is 41.3 Å². The Bertz CT molecular complexity index is 1420. The quantitative estimate of drug-likeness (QED) is 0.294. The van der Waals surface area contributed by atoms with Gasteiger partial charge in [0.2, 0.25) is 11.8 Å². The number of sulfonamides is 1. The Morgan fingerprint density at radius 1 is 0.950 bits per heavy atom. The first-order chi connectivity index (χ1) is 19.0. The lowest BCUT2D eigenvalue weighted by atomic mass is 10.1. The minimum absolute atomic E-state index is 0.00580. The molecule has 0 radical (unpaired) electrons. The normalized spacial score (nSPS) is 12.8. The van der Waals surface area contributed by atoms with Gasteiger partial charge in [-0.25, -0.2) is 12.8 Å². The first-order valence-electron chi connectivity index (χ1n) is 13.2. The lowest BCUT2D eigenvalue weighted by Crippen LogP contribution is -2.53. The third-order valence-electron chi connectivity index (χ3n) is 6.72. The maximum Gasteiger partial charge on any atom is 0.264 e. The van der Waals surface area contributed by atoms with Gasteiger partial charge in [0, 0.05) is 17.6 Å². The summed E-state index contributed by atoms with van der Waals surface area (Å²) in [6.07, 6.45) is 0.998. The fraction of sp³-hybridized carbons (Fsp3) is 0.333. The molecule has 0 aliphatic rings. The Balaban J connectivity index is 2.06. The molecule has 0 aliphatic carbocycles. The third kappa shape index (κ3) is 7.61. The number of carbonyl (C=O) groups excluding carboxylic acids is 2. The second-order valence-corrected chi connectivity index (χ2v) is 11.9. The summed E-state index contributed by atoms with van der Waals surface area (Å²) >= 11 is 5.99. The van der Waals surface area contributed by atoms with Crippen LogP contribution in [-0.2, 0) is 26.2 Å². The number of nitrogens with one attached hydrogen (secondary N) is 1. The number of halogens is 2. The molecular formula is C30H35ClFN3O4S. The van der Waals surface area contributed by atoms with Crippen LogP contribution >= 0.6 is 11.6 Å². The van der Waals surface area contributed by atoms with Crippen molar-refractivity contribution in [3.8, 4) is 0 Å². The number of rotatable bonds is 12. The molecule has 0 unspecified atom stereocenters. The minimum atomic E-state index is -4.20. The van der Waals surface area contributed by atoms with Crippen LogP contribution in [0.2, 0.25) is 5.02 Å². The maximum absolute atomic E-state index is 14.0. The van der Waals surface area contributed by atoms with E-state index in [2.05, 4.69) is 5.32 Å². The number of anilines is 1. The van der Waals surface area contributed by atoms with Crippen molar-refractivity contribution < 1.29 is 22.4 Å². The van der Waals surface area contributed by atoms with Gasteiger partial charge in [0.25, 0.3) is 10.0 Å². The van der Waals surface area contributed by atoms with Crippen molar-refractivity contribution in [1.82, 2.24) is 10.2 Å². The molecule has 0 bridgehead atoms. The molecule has 3 rings (SSSR count). The molecule has 2 atom stereocenters. The smallest absolute Gasteiger partial charge is 0.264 e. The molecule has 0 fully saturated rings. The lowest BCUT2D eigenvalue weighted by Gasteiger charge is -2.34. The van der Waals surface area contributed by atoms with E-state index in [0.29, 0.717) is 34.7 Å². The zero-order valence-corrected chi connectivity index (χ0v) is 24.7. The summed E-state index contributed by atoms with van der Waals surface area (Å²) in [5.74, 6) is -1.34. The van der Waals surface area contributed by atoms with Crippen LogP contribution in [0.15, 0.2) is 77.7 Å². The molecule has 0 aliphatic heterocycles. The molecule has 2 amide bonds. The number of amides is 2. The monoisotopic (exact) mass is 587 g/mol. The number of carbonyl (C=O) groups is 2. The molecule has 214 valence electrons. The van der Waals surface area contributed by atoms with Crippen molar-refractivity contribution in [3.05, 3.63) is 94.8 Å². The van der Waals surface area contributed by atoms with Gasteiger partial charge in [0.05, 0.1) is 10.6 Å². The molecule has 7 nitrogen and oxygen atoms in total. The van der Waals surface area contributed by atoms with E-state index in [1.807, 2.05) is 13.8 Å². The molecular weight excluding hydrogens is 553 g/mol. The Labute approximate surface area is 241 Å². The lowest BCUT2D eigenvalue weighted by molar-refractivity contribution is -0.140. The predicted molar refractivity (Wildman–Crippen MR) is 156 cm³/mol. The first kappa shape index (κ1) is 31.1. The summed E-state index contributed by atoms with van der Waals surface area (Å²) in [6, 6.07) is 17.2. The van der Waals surface area contributed by atoms with Gasteiger partial charge in [-0.2, -0.15) is 0 Å². The molecule has 0 saturated carbocycles. The number of para-hydroxylation sites is 1. The summed E-state index contributed by atoms with van der Waals surface area (Å²) in [4.78, 5) is 28.7. The van der Waals surface area contributed by atoms with Crippen LogP contribution in [0, 0.1) is 12.7 Å². The summed E-state index contributed by atoms with van der Waals surface area (Å²) in [5, 5.41) is 3.31. The minimum Gasteiger partial charge on any atom is -0.352 e. The topological polar surface area (TPSA) is 86.8 Å². The van der Waals surface area contributed by atoms with Crippen molar-refractivity contribution in [3.63, 3.8) is 0 Å². The zero-order chi connectivity index (χ0) is 29.4. The highest BCUT2D eigenvalue weighted by Crippen LogP contribution is 2.28. The molecule has 10 heteroatoms. The van der Waals surface area contributed by atoms with Crippen LogP contribution in [0.25, 0.3) is 0 Å². The maximum atomic E-state index is 14.0. The van der Waals surface area contributed by atoms with Crippen LogP contribution < -0.4 is 9.62 Å². The van der Waals surface area contributed by atoms with E-state index in [0.717, 1.165) is 4.31 Å². The van der Waals surface area contributed by atoms with Crippen LogP contribution in [0.5, 0.6) is 0 Å². The number of nitrogens with zero attached hydrogens (tertiary/aromatic N) is 2. The average molecular weight is 588 g/mol. The fourth-order valence-electron chi connectivity index (χ4n) is 4.24. The molecule has 0 heterocycles. The summed E-state index contributed by atoms with van der Waals surface area (Å²) < 4.78 is 42.5. The molecule has 3 aromatic rings. The molecule has 1 N–H and O–H groups in total. The number of hydrogen-bond acceptors (Lipinski definition) is 4. The van der Waals surface area contributed by atoms with E-state index in [9.17, 15) is 22.4 Å². The van der Waals surface area contributed by atoms with Crippen molar-refractivity contribution in [2.45, 2.75) is 64.1 Å². The van der Waals surface area contributed by atoms with Gasteiger partial charge in [0.15, 0.2) is 0 Å². The predicted octanol–water partition coefficient (Wildman–Crippen LogP) is 5.70. The number of hydrogen-bond donors (Lipinski definition) is 1. The van der Waals surface area contributed by atoms with Crippen molar-refractivity contribution in [2.75, 3.05) is 10.8 Å². The van der Waals surface area contributed by atoms with Gasteiger partial charge in [-0.3, -0.25) is 13.9 Å². The number of aryl methyl sites for hydroxylation is 1. The Morgan fingerprint density at radius 3 is 2.15 bits per heavy atom. The SMILES string of the molecule is CC[C@@H](C)NC(=O)[C@H](CC)N(Cc1ccc(F)cc1)C(=O)CN(c1ccccc1C)S(=O)(=O)c1ccc(Cl)cc1. The largest absolute Gasteiger partial charge is 0.352 e. The van der Waals surface area contributed by atoms with Crippen LogP contribution in [0.4, 0.5) is 10.1 Å². The van der Waals surface area contributed by atoms with Crippen LogP contribution in [0.3, 0.4) is 0 Å². The second-order valence-electron chi connectivity index (χ2n) is 9.64. The standard InChI is InChI=1S/C30H35ClFN3O4S/c1-5-22(4)33-30(37)27(6-2)34(19-23-11-15-25(32)16-12-23)29(36)20-35(28-10-8-7-9-21(28)3)40(38,39)26-17-13-24(31)14-18-26/h7-18,22,27H,5-6,19-20H2,1-4H3,(H,33,37)/t22-,27+/m1/s1. The van der Waals surface area contributed by atoms with E-state index in [4.69, 9.17) is 11.6 Å². The third-order valence-corrected chi connectivity index (χ3v) is 8.74. The highest BCUT2D eigenvalue weighted by atomic mass is 35.5. The van der Waals surface area contributed by atoms with Gasteiger partial charge < -0.3 is 10.2 Å². The first-order valence-corrected chi connectivity index (χ1v) is 15.0. The van der Waals surface area contributed by atoms with Crippen LogP contribution in [-0.4, -0.2) is 43.8 Å². The van der Waals surface area contributed by atoms with E-state index in [-0.39, 0.29) is 23.4 Å². The molecule has 3 aromatic carbocycles. The highest BCUT2D eigenvalue weighted by molar-refractivity contribution is 7.92. The zero-order valence-electron chi connectivity index (χ0n) is 23.1. The molecule has 0 saturated heterocycles. The van der Waals surface area contributed by atoms with Crippen molar-refractivity contribution in [2.24, 2.45) is 0 Å². The Morgan fingerprint density at radius 2 is 1.57 bits per heavy atom. The van der Waals surface area contributed by atoms with Crippen molar-refractivity contribution in [1.29, 1.82) is 0 Å². The highest BCUT2D eigenvalue weighted by Gasteiger charge is 2.34. The van der Waals surface area contributed by atoms with E-state index in [1.54, 1.807) is 50.2 Å². The summed E-state index contributed by atoms with van der Waals surface area (Å²) in [7, 11) is -4.20. The molecule has 40 heavy (non-hydrogen) atoms.